The summed E-state index contributed by atoms with van der Waals surface area (Å²) < 4.78 is 10.0. The fourth-order valence-electron chi connectivity index (χ4n) is 1.31. The van der Waals surface area contributed by atoms with Crippen molar-refractivity contribution in [1.82, 2.24) is 0 Å². The number of ether oxygens (including phenoxy) is 2. The molecule has 4 heteroatoms. The average Bonchev–Trinajstić information content (AvgIpc) is 2.36. The molecule has 0 saturated heterocycles. The highest BCUT2D eigenvalue weighted by molar-refractivity contribution is 5.72. The molecule has 0 radical (unpaired) electrons. The maximum Gasteiger partial charge on any atom is 0.305 e. The Kier molecular flexibility index (Phi) is 10.9. The van der Waals surface area contributed by atoms with E-state index in [0.717, 1.165) is 12.8 Å². The highest BCUT2D eigenvalue weighted by atomic mass is 16.5. The van der Waals surface area contributed by atoms with Crippen LogP contribution in [0.5, 0.6) is 0 Å². The molecule has 0 bridgehead atoms. The Labute approximate surface area is 116 Å². The SMILES string of the molecule is CC/C=C/CCOC(=O)CCCC(=O)OCC(C)C. The third kappa shape index (κ3) is 12.9. The minimum Gasteiger partial charge on any atom is -0.465 e. The predicted molar refractivity (Wildman–Crippen MR) is 74.7 cm³/mol. The van der Waals surface area contributed by atoms with Crippen molar-refractivity contribution < 1.29 is 19.1 Å². The molecule has 19 heavy (non-hydrogen) atoms. The van der Waals surface area contributed by atoms with Gasteiger partial charge in [0.2, 0.25) is 0 Å². The second kappa shape index (κ2) is 11.8. The first-order valence-electron chi connectivity index (χ1n) is 7.02. The second-order valence-corrected chi connectivity index (χ2v) is 4.82. The lowest BCUT2D eigenvalue weighted by molar-refractivity contribution is -0.146. The zero-order valence-electron chi connectivity index (χ0n) is 12.3. The minimum atomic E-state index is -0.249. The van der Waals surface area contributed by atoms with Crippen LogP contribution in [-0.4, -0.2) is 25.2 Å². The molecule has 0 aromatic rings. The van der Waals surface area contributed by atoms with Gasteiger partial charge < -0.3 is 9.47 Å². The number of hydrogen-bond donors (Lipinski definition) is 0. The van der Waals surface area contributed by atoms with Gasteiger partial charge in [0.25, 0.3) is 0 Å². The Morgan fingerprint density at radius 3 is 2.26 bits per heavy atom. The van der Waals surface area contributed by atoms with Crippen LogP contribution in [-0.2, 0) is 19.1 Å². The summed E-state index contributed by atoms with van der Waals surface area (Å²) in [6.07, 6.45) is 6.81. The largest absolute Gasteiger partial charge is 0.465 e. The van der Waals surface area contributed by atoms with E-state index >= 15 is 0 Å². The summed E-state index contributed by atoms with van der Waals surface area (Å²) in [5.41, 5.74) is 0. The van der Waals surface area contributed by atoms with E-state index in [1.165, 1.54) is 0 Å². The average molecular weight is 270 g/mol. The zero-order chi connectivity index (χ0) is 14.5. The van der Waals surface area contributed by atoms with E-state index in [1.54, 1.807) is 0 Å². The molecular formula is C15H26O4. The highest BCUT2D eigenvalue weighted by Crippen LogP contribution is 2.02. The van der Waals surface area contributed by atoms with E-state index in [0.29, 0.717) is 25.6 Å². The monoisotopic (exact) mass is 270 g/mol. The van der Waals surface area contributed by atoms with Crippen LogP contribution in [0.2, 0.25) is 0 Å². The van der Waals surface area contributed by atoms with Gasteiger partial charge in [-0.3, -0.25) is 9.59 Å². The van der Waals surface area contributed by atoms with Gasteiger partial charge in [0.15, 0.2) is 0 Å². The van der Waals surface area contributed by atoms with Crippen LogP contribution in [0.25, 0.3) is 0 Å². The molecule has 0 aliphatic carbocycles. The summed E-state index contributed by atoms with van der Waals surface area (Å²) in [6.45, 7) is 6.87. The Bertz CT molecular complexity index is 282. The molecule has 0 spiro atoms. The first-order chi connectivity index (χ1) is 9.06. The lowest BCUT2D eigenvalue weighted by Crippen LogP contribution is -2.11. The number of esters is 2. The van der Waals surface area contributed by atoms with Crippen LogP contribution in [0.4, 0.5) is 0 Å². The summed E-state index contributed by atoms with van der Waals surface area (Å²) >= 11 is 0. The molecule has 0 atom stereocenters. The number of allylic oxidation sites excluding steroid dienone is 1. The van der Waals surface area contributed by atoms with E-state index in [4.69, 9.17) is 9.47 Å². The molecule has 0 saturated carbocycles. The molecule has 0 unspecified atom stereocenters. The van der Waals surface area contributed by atoms with Gasteiger partial charge in [-0.25, -0.2) is 0 Å². The summed E-state index contributed by atoms with van der Waals surface area (Å²) in [6, 6.07) is 0. The first-order valence-corrected chi connectivity index (χ1v) is 7.02. The Morgan fingerprint density at radius 2 is 1.68 bits per heavy atom. The molecule has 0 aromatic carbocycles. The van der Waals surface area contributed by atoms with Crippen LogP contribution >= 0.6 is 0 Å². The number of rotatable bonds is 10. The minimum absolute atomic E-state index is 0.243. The maximum atomic E-state index is 11.3. The summed E-state index contributed by atoms with van der Waals surface area (Å²) in [5, 5.41) is 0. The van der Waals surface area contributed by atoms with E-state index < -0.39 is 0 Å². The zero-order valence-corrected chi connectivity index (χ0v) is 12.3. The van der Waals surface area contributed by atoms with Crippen molar-refractivity contribution in [3.05, 3.63) is 12.2 Å². The molecule has 0 amide bonds. The Morgan fingerprint density at radius 1 is 1.05 bits per heavy atom. The molecule has 0 aromatic heterocycles. The molecule has 0 aliphatic heterocycles. The summed E-state index contributed by atoms with van der Waals surface area (Å²) in [7, 11) is 0. The Hall–Kier alpha value is -1.32. The van der Waals surface area contributed by atoms with Crippen molar-refractivity contribution in [3.8, 4) is 0 Å². The molecular weight excluding hydrogens is 244 g/mol. The van der Waals surface area contributed by atoms with Gasteiger partial charge in [0.1, 0.15) is 0 Å². The maximum absolute atomic E-state index is 11.3. The van der Waals surface area contributed by atoms with Crippen LogP contribution in [0.1, 0.15) is 52.9 Å². The predicted octanol–water partition coefficient (Wildman–Crippen LogP) is 3.26. The number of hydrogen-bond acceptors (Lipinski definition) is 4. The van der Waals surface area contributed by atoms with Crippen molar-refractivity contribution in [2.45, 2.75) is 52.9 Å². The molecule has 0 rings (SSSR count). The lowest BCUT2D eigenvalue weighted by Gasteiger charge is -2.07. The second-order valence-electron chi connectivity index (χ2n) is 4.82. The van der Waals surface area contributed by atoms with E-state index in [-0.39, 0.29) is 24.8 Å². The molecule has 0 aliphatic rings. The molecule has 0 fully saturated rings. The fourth-order valence-corrected chi connectivity index (χ4v) is 1.31. The molecule has 4 nitrogen and oxygen atoms in total. The van der Waals surface area contributed by atoms with Gasteiger partial charge in [0, 0.05) is 12.8 Å². The van der Waals surface area contributed by atoms with Crippen LogP contribution in [0, 0.1) is 5.92 Å². The first kappa shape index (κ1) is 17.7. The van der Waals surface area contributed by atoms with Crippen LogP contribution in [0.3, 0.4) is 0 Å². The number of carbonyl (C=O) groups excluding carboxylic acids is 2. The van der Waals surface area contributed by atoms with Gasteiger partial charge >= 0.3 is 11.9 Å². The quantitative estimate of drug-likeness (QED) is 0.347. The molecule has 0 N–H and O–H groups in total. The van der Waals surface area contributed by atoms with Crippen LogP contribution in [0.15, 0.2) is 12.2 Å². The number of carbonyl (C=O) groups is 2. The molecule has 0 heterocycles. The van der Waals surface area contributed by atoms with Crippen molar-refractivity contribution in [3.63, 3.8) is 0 Å². The van der Waals surface area contributed by atoms with Crippen molar-refractivity contribution >= 4 is 11.9 Å². The van der Waals surface area contributed by atoms with E-state index in [9.17, 15) is 9.59 Å². The van der Waals surface area contributed by atoms with E-state index in [1.807, 2.05) is 26.0 Å². The van der Waals surface area contributed by atoms with Crippen molar-refractivity contribution in [2.75, 3.05) is 13.2 Å². The lowest BCUT2D eigenvalue weighted by atomic mass is 10.2. The summed E-state index contributed by atoms with van der Waals surface area (Å²) in [4.78, 5) is 22.6. The van der Waals surface area contributed by atoms with Gasteiger partial charge in [-0.05, 0) is 25.2 Å². The smallest absolute Gasteiger partial charge is 0.305 e. The molecule has 110 valence electrons. The van der Waals surface area contributed by atoms with Gasteiger partial charge in [-0.15, -0.1) is 0 Å². The Balaban J connectivity index is 3.47. The van der Waals surface area contributed by atoms with Crippen LogP contribution < -0.4 is 0 Å². The van der Waals surface area contributed by atoms with Gasteiger partial charge in [0.05, 0.1) is 13.2 Å². The fraction of sp³-hybridized carbons (Fsp3) is 0.733. The van der Waals surface area contributed by atoms with Gasteiger partial charge in [-0.1, -0.05) is 32.9 Å². The van der Waals surface area contributed by atoms with Crippen molar-refractivity contribution in [2.24, 2.45) is 5.92 Å². The summed E-state index contributed by atoms with van der Waals surface area (Å²) in [5.74, 6) is -0.154. The van der Waals surface area contributed by atoms with E-state index in [2.05, 4.69) is 6.92 Å². The highest BCUT2D eigenvalue weighted by Gasteiger charge is 2.07. The van der Waals surface area contributed by atoms with Crippen molar-refractivity contribution in [1.29, 1.82) is 0 Å². The third-order valence-electron chi connectivity index (χ3n) is 2.29. The normalized spacial score (nSPS) is 10.9. The van der Waals surface area contributed by atoms with Gasteiger partial charge in [-0.2, -0.15) is 0 Å². The standard InChI is InChI=1S/C15H26O4/c1-4-5-6-7-11-18-14(16)9-8-10-15(17)19-12-13(2)3/h5-6,13H,4,7-12H2,1-3H3/b6-5+. The topological polar surface area (TPSA) is 52.6 Å². The third-order valence-corrected chi connectivity index (χ3v) is 2.29.